The van der Waals surface area contributed by atoms with E-state index in [0.29, 0.717) is 11.1 Å². The predicted molar refractivity (Wildman–Crippen MR) is 99.9 cm³/mol. The maximum absolute atomic E-state index is 10.7. The van der Waals surface area contributed by atoms with Crippen LogP contribution in [-0.2, 0) is 25.7 Å². The van der Waals surface area contributed by atoms with Gasteiger partial charge in [-0.1, -0.05) is 27.7 Å². The van der Waals surface area contributed by atoms with Gasteiger partial charge in [-0.05, 0) is 49.9 Å². The Kier molecular flexibility index (Phi) is 8.42. The number of rotatable bonds is 6. The summed E-state index contributed by atoms with van der Waals surface area (Å²) in [5, 5.41) is 17.6. The Balaban J connectivity index is 0.000000260. The first-order valence-corrected chi connectivity index (χ1v) is 8.80. The number of carboxylic acids is 2. The van der Waals surface area contributed by atoms with Crippen molar-refractivity contribution in [2.45, 2.75) is 53.4 Å². The highest BCUT2D eigenvalue weighted by molar-refractivity contribution is 5.88. The molecule has 2 rings (SSSR count). The molecule has 0 bridgehead atoms. The van der Waals surface area contributed by atoms with Gasteiger partial charge in [0.2, 0.25) is 0 Å². The molecule has 0 aliphatic rings. The van der Waals surface area contributed by atoms with Gasteiger partial charge in [0.15, 0.2) is 0 Å². The zero-order valence-electron chi connectivity index (χ0n) is 15.7. The van der Waals surface area contributed by atoms with Gasteiger partial charge in [-0.25, -0.2) is 9.59 Å². The minimum Gasteiger partial charge on any atom is -0.478 e. The Morgan fingerprint density at radius 1 is 0.654 bits per heavy atom. The molecular formula is C20H26N2O4. The molecule has 2 aromatic heterocycles. The number of pyridine rings is 2. The van der Waals surface area contributed by atoms with E-state index in [1.165, 1.54) is 0 Å². The van der Waals surface area contributed by atoms with Crippen LogP contribution in [0.25, 0.3) is 0 Å². The van der Waals surface area contributed by atoms with Crippen LogP contribution in [0, 0.1) is 0 Å². The molecule has 2 aromatic rings. The summed E-state index contributed by atoms with van der Waals surface area (Å²) in [6, 6.07) is 6.51. The molecule has 2 N–H and O–H groups in total. The van der Waals surface area contributed by atoms with Gasteiger partial charge in [0, 0.05) is 22.8 Å². The van der Waals surface area contributed by atoms with Gasteiger partial charge in [0.1, 0.15) is 0 Å². The molecule has 0 fully saturated rings. The number of aryl methyl sites for hydroxylation is 4. The second-order valence-electron chi connectivity index (χ2n) is 5.70. The third kappa shape index (κ3) is 6.27. The lowest BCUT2D eigenvalue weighted by molar-refractivity contribution is 0.0685. The van der Waals surface area contributed by atoms with Crippen LogP contribution in [0.4, 0.5) is 0 Å². The number of hydrogen-bond donors (Lipinski definition) is 2. The van der Waals surface area contributed by atoms with Gasteiger partial charge >= 0.3 is 11.9 Å². The molecule has 6 nitrogen and oxygen atoms in total. The molecule has 0 saturated carbocycles. The van der Waals surface area contributed by atoms with E-state index in [0.717, 1.165) is 48.5 Å². The highest BCUT2D eigenvalue weighted by Gasteiger charge is 2.07. The Labute approximate surface area is 153 Å². The third-order valence-corrected chi connectivity index (χ3v) is 3.81. The van der Waals surface area contributed by atoms with E-state index >= 15 is 0 Å². The van der Waals surface area contributed by atoms with Crippen LogP contribution < -0.4 is 0 Å². The van der Waals surface area contributed by atoms with Crippen molar-refractivity contribution in [3.63, 3.8) is 0 Å². The van der Waals surface area contributed by atoms with Crippen molar-refractivity contribution in [3.8, 4) is 0 Å². The highest BCUT2D eigenvalue weighted by Crippen LogP contribution is 2.08. The summed E-state index contributed by atoms with van der Waals surface area (Å²) >= 11 is 0. The molecule has 26 heavy (non-hydrogen) atoms. The average molecular weight is 358 g/mol. The fourth-order valence-electron chi connectivity index (χ4n) is 2.27. The first kappa shape index (κ1) is 21.3. The van der Waals surface area contributed by atoms with Gasteiger partial charge in [0.25, 0.3) is 0 Å². The van der Waals surface area contributed by atoms with Crippen LogP contribution in [0.5, 0.6) is 0 Å². The molecular weight excluding hydrogens is 332 g/mol. The minimum absolute atomic E-state index is 0.337. The topological polar surface area (TPSA) is 100 Å². The van der Waals surface area contributed by atoms with Crippen molar-refractivity contribution in [1.82, 2.24) is 9.97 Å². The number of carbonyl (C=O) groups is 2. The molecule has 0 unspecified atom stereocenters. The molecule has 0 spiro atoms. The van der Waals surface area contributed by atoms with Gasteiger partial charge in [-0.15, -0.1) is 0 Å². The fraction of sp³-hybridized carbons (Fsp3) is 0.400. The molecule has 0 radical (unpaired) electrons. The summed E-state index contributed by atoms with van der Waals surface area (Å²) < 4.78 is 0. The summed E-state index contributed by atoms with van der Waals surface area (Å²) in [5.41, 5.74) is 4.05. The predicted octanol–water partition coefficient (Wildman–Crippen LogP) is 3.81. The Hall–Kier alpha value is -2.76. The number of aromatic nitrogens is 2. The van der Waals surface area contributed by atoms with Crippen molar-refractivity contribution in [3.05, 3.63) is 58.2 Å². The quantitative estimate of drug-likeness (QED) is 0.814. The highest BCUT2D eigenvalue weighted by atomic mass is 16.4. The smallest absolute Gasteiger partial charge is 0.335 e. The molecule has 0 aromatic carbocycles. The van der Waals surface area contributed by atoms with Gasteiger partial charge in [-0.3, -0.25) is 9.97 Å². The lowest BCUT2D eigenvalue weighted by atomic mass is 10.1. The van der Waals surface area contributed by atoms with Crippen molar-refractivity contribution < 1.29 is 19.8 Å². The summed E-state index contributed by atoms with van der Waals surface area (Å²) in [4.78, 5) is 30.0. The van der Waals surface area contributed by atoms with E-state index in [4.69, 9.17) is 10.2 Å². The van der Waals surface area contributed by atoms with Crippen molar-refractivity contribution >= 4 is 11.9 Å². The van der Waals surface area contributed by atoms with E-state index in [9.17, 15) is 9.59 Å². The van der Waals surface area contributed by atoms with E-state index in [1.807, 2.05) is 27.7 Å². The molecule has 0 saturated heterocycles. The first-order valence-electron chi connectivity index (χ1n) is 8.80. The van der Waals surface area contributed by atoms with Crippen LogP contribution in [0.15, 0.2) is 24.3 Å². The Morgan fingerprint density at radius 3 is 1.04 bits per heavy atom. The Morgan fingerprint density at radius 2 is 0.885 bits per heavy atom. The van der Waals surface area contributed by atoms with Crippen LogP contribution in [0.3, 0.4) is 0 Å². The zero-order chi connectivity index (χ0) is 19.7. The lowest BCUT2D eigenvalue weighted by Crippen LogP contribution is -2.02. The van der Waals surface area contributed by atoms with Crippen LogP contribution >= 0.6 is 0 Å². The SMILES string of the molecule is CCc1cc(C(=O)O)cc(CC)n1.CCc1cc(C(=O)O)cc(CC)n1. The molecule has 2 heterocycles. The molecule has 140 valence electrons. The van der Waals surface area contributed by atoms with Crippen molar-refractivity contribution in [2.75, 3.05) is 0 Å². The number of nitrogens with zero attached hydrogens (tertiary/aromatic N) is 2. The molecule has 6 heteroatoms. The van der Waals surface area contributed by atoms with Gasteiger partial charge in [0.05, 0.1) is 11.1 Å². The summed E-state index contributed by atoms with van der Waals surface area (Å²) in [6.07, 6.45) is 3.09. The number of aromatic carboxylic acids is 2. The second-order valence-corrected chi connectivity index (χ2v) is 5.70. The summed E-state index contributed by atoms with van der Waals surface area (Å²) in [7, 11) is 0. The zero-order valence-corrected chi connectivity index (χ0v) is 15.7. The third-order valence-electron chi connectivity index (χ3n) is 3.81. The maximum Gasteiger partial charge on any atom is 0.335 e. The first-order chi connectivity index (χ1) is 12.3. The number of hydrogen-bond acceptors (Lipinski definition) is 4. The molecule has 0 amide bonds. The fourth-order valence-corrected chi connectivity index (χ4v) is 2.27. The molecule has 0 atom stereocenters. The van der Waals surface area contributed by atoms with Crippen molar-refractivity contribution in [2.24, 2.45) is 0 Å². The van der Waals surface area contributed by atoms with Crippen molar-refractivity contribution in [1.29, 1.82) is 0 Å². The van der Waals surface area contributed by atoms with E-state index in [2.05, 4.69) is 9.97 Å². The van der Waals surface area contributed by atoms with E-state index in [-0.39, 0.29) is 0 Å². The molecule has 0 aliphatic heterocycles. The monoisotopic (exact) mass is 358 g/mol. The standard InChI is InChI=1S/2C10H13NO2/c2*1-3-8-5-7(10(12)13)6-9(4-2)11-8/h2*5-6H,3-4H2,1-2H3,(H,12,13). The summed E-state index contributed by atoms with van der Waals surface area (Å²) in [6.45, 7) is 7.86. The molecule has 0 aliphatic carbocycles. The van der Waals surface area contributed by atoms with Crippen LogP contribution in [-0.4, -0.2) is 32.1 Å². The van der Waals surface area contributed by atoms with E-state index < -0.39 is 11.9 Å². The normalized spacial score (nSPS) is 10.0. The van der Waals surface area contributed by atoms with E-state index in [1.54, 1.807) is 24.3 Å². The second kappa shape index (κ2) is 10.3. The lowest BCUT2D eigenvalue weighted by Gasteiger charge is -2.02. The van der Waals surface area contributed by atoms with Crippen LogP contribution in [0.1, 0.15) is 71.2 Å². The van der Waals surface area contributed by atoms with Gasteiger partial charge < -0.3 is 10.2 Å². The summed E-state index contributed by atoms with van der Waals surface area (Å²) in [5.74, 6) is -1.77. The maximum atomic E-state index is 10.7. The van der Waals surface area contributed by atoms with Gasteiger partial charge in [-0.2, -0.15) is 0 Å². The minimum atomic E-state index is -0.883. The largest absolute Gasteiger partial charge is 0.478 e. The average Bonchev–Trinajstić information content (AvgIpc) is 2.67. The number of carboxylic acid groups (broad SMARTS) is 2. The Bertz CT molecular complexity index is 662. The van der Waals surface area contributed by atoms with Crippen LogP contribution in [0.2, 0.25) is 0 Å².